The molecule has 8 heteroatoms. The van der Waals surface area contributed by atoms with E-state index in [1.807, 2.05) is 0 Å². The van der Waals surface area contributed by atoms with Gasteiger partial charge in [-0.2, -0.15) is 13.2 Å². The number of alkyl halides is 3. The highest BCUT2D eigenvalue weighted by Crippen LogP contribution is 2.38. The summed E-state index contributed by atoms with van der Waals surface area (Å²) >= 11 is 0. The third-order valence-corrected chi connectivity index (χ3v) is 3.43. The number of rotatable bonds is 3. The molecule has 0 radical (unpaired) electrons. The second kappa shape index (κ2) is 5.62. The molecule has 1 aliphatic heterocycles. The van der Waals surface area contributed by atoms with Gasteiger partial charge in [-0.25, -0.2) is 9.97 Å². The van der Waals surface area contributed by atoms with Crippen LogP contribution in [0.1, 0.15) is 23.4 Å². The molecule has 0 bridgehead atoms. The number of hydrogen-bond donors (Lipinski definition) is 1. The Bertz CT molecular complexity index is 717. The van der Waals surface area contributed by atoms with Gasteiger partial charge in [0.25, 0.3) is 0 Å². The summed E-state index contributed by atoms with van der Waals surface area (Å²) in [4.78, 5) is 12.4. The van der Waals surface area contributed by atoms with Crippen LogP contribution in [0.25, 0.3) is 0 Å². The molecular weight excluding hydrogens is 311 g/mol. The zero-order valence-electron chi connectivity index (χ0n) is 11.8. The van der Waals surface area contributed by atoms with Crippen molar-refractivity contribution in [2.75, 3.05) is 0 Å². The predicted octanol–water partition coefficient (Wildman–Crippen LogP) is 2.44. The van der Waals surface area contributed by atoms with Crippen molar-refractivity contribution in [1.29, 1.82) is 0 Å². The SMILES string of the molecule is OC1(C(F)(F)F)CC(c2ccc(Cc3ncccn3)cc2)=NO1. The van der Waals surface area contributed by atoms with Gasteiger partial charge in [-0.1, -0.05) is 29.4 Å². The quantitative estimate of drug-likeness (QED) is 0.942. The lowest BCUT2D eigenvalue weighted by atomic mass is 10.0. The van der Waals surface area contributed by atoms with Gasteiger partial charge < -0.3 is 9.94 Å². The van der Waals surface area contributed by atoms with Gasteiger partial charge in [-0.15, -0.1) is 0 Å². The molecule has 0 spiro atoms. The average molecular weight is 323 g/mol. The molecule has 1 unspecified atom stereocenters. The third-order valence-electron chi connectivity index (χ3n) is 3.43. The molecule has 1 N–H and O–H groups in total. The number of benzene rings is 1. The maximum atomic E-state index is 12.7. The number of oxime groups is 1. The zero-order chi connectivity index (χ0) is 16.5. The van der Waals surface area contributed by atoms with Crippen LogP contribution in [0.5, 0.6) is 0 Å². The van der Waals surface area contributed by atoms with E-state index >= 15 is 0 Å². The van der Waals surface area contributed by atoms with Crippen molar-refractivity contribution in [3.63, 3.8) is 0 Å². The van der Waals surface area contributed by atoms with Crippen molar-refractivity contribution < 1.29 is 23.1 Å². The Morgan fingerprint density at radius 1 is 1.13 bits per heavy atom. The van der Waals surface area contributed by atoms with Gasteiger partial charge in [-0.05, 0) is 17.2 Å². The minimum absolute atomic E-state index is 0.0485. The van der Waals surface area contributed by atoms with Crippen molar-refractivity contribution >= 4 is 5.71 Å². The Hall–Kier alpha value is -2.48. The molecule has 2 aromatic rings. The van der Waals surface area contributed by atoms with Crippen molar-refractivity contribution in [3.05, 3.63) is 59.7 Å². The van der Waals surface area contributed by atoms with Crippen LogP contribution in [0.3, 0.4) is 0 Å². The lowest BCUT2D eigenvalue weighted by molar-refractivity contribution is -0.355. The number of aliphatic hydroxyl groups is 1. The molecule has 120 valence electrons. The third kappa shape index (κ3) is 3.16. The van der Waals surface area contributed by atoms with Crippen LogP contribution in [0, 0.1) is 0 Å². The molecular formula is C15H12F3N3O2. The van der Waals surface area contributed by atoms with E-state index in [4.69, 9.17) is 0 Å². The van der Waals surface area contributed by atoms with E-state index in [9.17, 15) is 18.3 Å². The minimum atomic E-state index is -4.90. The van der Waals surface area contributed by atoms with E-state index in [-0.39, 0.29) is 5.71 Å². The lowest BCUT2D eigenvalue weighted by Gasteiger charge is -2.22. The highest BCUT2D eigenvalue weighted by molar-refractivity contribution is 6.01. The van der Waals surface area contributed by atoms with Crippen LogP contribution in [0.2, 0.25) is 0 Å². The number of hydrogen-bond acceptors (Lipinski definition) is 5. The van der Waals surface area contributed by atoms with E-state index in [0.29, 0.717) is 17.8 Å². The molecule has 3 rings (SSSR count). The van der Waals surface area contributed by atoms with E-state index in [0.717, 1.165) is 5.56 Å². The second-order valence-corrected chi connectivity index (χ2v) is 5.13. The van der Waals surface area contributed by atoms with Crippen LogP contribution < -0.4 is 0 Å². The Kier molecular flexibility index (Phi) is 3.77. The van der Waals surface area contributed by atoms with Crippen molar-refractivity contribution in [2.45, 2.75) is 24.8 Å². The van der Waals surface area contributed by atoms with Crippen molar-refractivity contribution in [2.24, 2.45) is 5.16 Å². The van der Waals surface area contributed by atoms with Crippen molar-refractivity contribution in [3.8, 4) is 0 Å². The standard InChI is InChI=1S/C15H12F3N3O2/c16-15(17,18)14(22)9-12(21-23-14)11-4-2-10(3-5-11)8-13-19-6-1-7-20-13/h1-7,22H,8-9H2. The molecule has 5 nitrogen and oxygen atoms in total. The summed E-state index contributed by atoms with van der Waals surface area (Å²) in [5, 5.41) is 12.8. The molecule has 0 saturated carbocycles. The zero-order valence-corrected chi connectivity index (χ0v) is 11.8. The largest absolute Gasteiger partial charge is 0.458 e. The van der Waals surface area contributed by atoms with E-state index in [1.54, 1.807) is 42.7 Å². The summed E-state index contributed by atoms with van der Waals surface area (Å²) in [5.74, 6) is -2.60. The Morgan fingerprint density at radius 3 is 2.35 bits per heavy atom. The Morgan fingerprint density at radius 2 is 1.78 bits per heavy atom. The van der Waals surface area contributed by atoms with Gasteiger partial charge in [0.05, 0.1) is 12.1 Å². The van der Waals surface area contributed by atoms with Gasteiger partial charge >= 0.3 is 12.0 Å². The van der Waals surface area contributed by atoms with E-state index in [1.165, 1.54) is 0 Å². The van der Waals surface area contributed by atoms with E-state index < -0.39 is 18.4 Å². The van der Waals surface area contributed by atoms with Gasteiger partial charge in [0.15, 0.2) is 0 Å². The molecule has 0 fully saturated rings. The van der Waals surface area contributed by atoms with Gasteiger partial charge in [0.1, 0.15) is 5.82 Å². The Labute approximate surface area is 129 Å². The Balaban J connectivity index is 1.71. The minimum Gasteiger partial charge on any atom is -0.350 e. The van der Waals surface area contributed by atoms with Crippen molar-refractivity contribution in [1.82, 2.24) is 9.97 Å². The first-order valence-electron chi connectivity index (χ1n) is 6.77. The molecule has 1 atom stereocenters. The molecule has 1 aromatic carbocycles. The van der Waals surface area contributed by atoms with E-state index in [2.05, 4.69) is 20.0 Å². The topological polar surface area (TPSA) is 67.6 Å². The van der Waals surface area contributed by atoms with Crippen LogP contribution in [0.4, 0.5) is 13.2 Å². The van der Waals surface area contributed by atoms with Gasteiger partial charge in [0.2, 0.25) is 0 Å². The van der Waals surface area contributed by atoms with Crippen LogP contribution in [-0.4, -0.2) is 32.7 Å². The first-order chi connectivity index (χ1) is 10.9. The average Bonchev–Trinajstić information content (AvgIpc) is 2.93. The first-order valence-corrected chi connectivity index (χ1v) is 6.77. The number of nitrogens with zero attached hydrogens (tertiary/aromatic N) is 3. The van der Waals surface area contributed by atoms with Gasteiger partial charge in [0, 0.05) is 18.8 Å². The highest BCUT2D eigenvalue weighted by atomic mass is 19.4. The summed E-state index contributed by atoms with van der Waals surface area (Å²) in [6.07, 6.45) is -1.85. The predicted molar refractivity (Wildman–Crippen MR) is 74.5 cm³/mol. The highest BCUT2D eigenvalue weighted by Gasteiger charge is 2.60. The molecule has 0 amide bonds. The summed E-state index contributed by atoms with van der Waals surface area (Å²) in [7, 11) is 0. The van der Waals surface area contributed by atoms with Crippen LogP contribution >= 0.6 is 0 Å². The molecule has 0 saturated heterocycles. The summed E-state index contributed by atoms with van der Waals surface area (Å²) in [6, 6.07) is 8.47. The normalized spacial score (nSPS) is 21.0. The summed E-state index contributed by atoms with van der Waals surface area (Å²) in [5.41, 5.74) is 1.42. The summed E-state index contributed by atoms with van der Waals surface area (Å²) < 4.78 is 38.0. The maximum absolute atomic E-state index is 12.7. The number of halogens is 3. The molecule has 23 heavy (non-hydrogen) atoms. The smallest absolute Gasteiger partial charge is 0.350 e. The maximum Gasteiger partial charge on any atom is 0.458 e. The molecule has 1 aromatic heterocycles. The van der Waals surface area contributed by atoms with Crippen LogP contribution in [-0.2, 0) is 11.3 Å². The number of aromatic nitrogens is 2. The van der Waals surface area contributed by atoms with Gasteiger partial charge in [-0.3, -0.25) is 0 Å². The molecule has 2 heterocycles. The fourth-order valence-corrected chi connectivity index (χ4v) is 2.15. The fourth-order valence-electron chi connectivity index (χ4n) is 2.15. The molecule has 1 aliphatic rings. The first kappa shape index (κ1) is 15.4. The lowest BCUT2D eigenvalue weighted by Crippen LogP contribution is -2.45. The molecule has 0 aliphatic carbocycles. The van der Waals surface area contributed by atoms with Crippen LogP contribution in [0.15, 0.2) is 47.9 Å². The fraction of sp³-hybridized carbons (Fsp3) is 0.267. The second-order valence-electron chi connectivity index (χ2n) is 5.13. The monoisotopic (exact) mass is 323 g/mol. The summed E-state index contributed by atoms with van der Waals surface area (Å²) in [6.45, 7) is 0.